The molecule has 0 saturated carbocycles. The highest BCUT2D eigenvalue weighted by Crippen LogP contribution is 2.22. The van der Waals surface area contributed by atoms with Crippen molar-refractivity contribution >= 4 is 23.6 Å². The Hall–Kier alpha value is -3.80. The number of furan rings is 1. The highest BCUT2D eigenvalue weighted by molar-refractivity contribution is 5.96. The molecule has 1 heterocycles. The van der Waals surface area contributed by atoms with Crippen molar-refractivity contribution in [1.82, 2.24) is 0 Å². The molecule has 0 fully saturated rings. The molecule has 1 amide bonds. The van der Waals surface area contributed by atoms with Crippen molar-refractivity contribution in [3.8, 4) is 11.5 Å². The van der Waals surface area contributed by atoms with Crippen molar-refractivity contribution < 1.29 is 23.5 Å². The molecule has 0 aliphatic rings. The Kier molecular flexibility index (Phi) is 6.47. The summed E-state index contributed by atoms with van der Waals surface area (Å²) in [4.78, 5) is 24.1. The summed E-state index contributed by atoms with van der Waals surface area (Å²) in [5.74, 6) is 1.58. The summed E-state index contributed by atoms with van der Waals surface area (Å²) >= 11 is 0. The molecule has 0 spiro atoms. The van der Waals surface area contributed by atoms with Gasteiger partial charge in [0.05, 0.1) is 0 Å². The zero-order chi connectivity index (χ0) is 20.6. The predicted octanol–water partition coefficient (Wildman–Crippen LogP) is 4.96. The van der Waals surface area contributed by atoms with E-state index >= 15 is 0 Å². The Morgan fingerprint density at radius 3 is 2.31 bits per heavy atom. The number of anilines is 1. The van der Waals surface area contributed by atoms with Crippen LogP contribution in [0.4, 0.5) is 5.69 Å². The maximum absolute atomic E-state index is 12.2. The summed E-state index contributed by atoms with van der Waals surface area (Å²) in [6, 6.07) is 19.8. The standard InChI is InChI=1S/C23H21NO5/c1-16-8-11-20(27-16)14-15-22(25)28-17(2)23(26)24-18-9-12-21(13-10-18)29-19-6-4-3-5-7-19/h3-15,17H,1-2H3,(H,24,26). The topological polar surface area (TPSA) is 77.8 Å². The molecule has 6 nitrogen and oxygen atoms in total. The van der Waals surface area contributed by atoms with Crippen molar-refractivity contribution in [2.45, 2.75) is 20.0 Å². The third-order valence-corrected chi connectivity index (χ3v) is 3.91. The summed E-state index contributed by atoms with van der Waals surface area (Å²) in [5.41, 5.74) is 0.569. The van der Waals surface area contributed by atoms with E-state index in [0.717, 1.165) is 11.5 Å². The normalized spacial score (nSPS) is 11.8. The lowest BCUT2D eigenvalue weighted by Crippen LogP contribution is -2.29. The molecule has 0 aliphatic heterocycles. The number of benzene rings is 2. The van der Waals surface area contributed by atoms with Gasteiger partial charge in [-0.1, -0.05) is 18.2 Å². The molecule has 0 radical (unpaired) electrons. The molecule has 3 rings (SSSR count). The Labute approximate surface area is 168 Å². The molecule has 2 aromatic carbocycles. The SMILES string of the molecule is Cc1ccc(C=CC(=O)OC(C)C(=O)Nc2ccc(Oc3ccccc3)cc2)o1. The van der Waals surface area contributed by atoms with Crippen molar-refractivity contribution in [2.75, 3.05) is 5.32 Å². The van der Waals surface area contributed by atoms with Crippen LogP contribution in [0, 0.1) is 6.92 Å². The molecule has 0 aliphatic carbocycles. The van der Waals surface area contributed by atoms with Gasteiger partial charge >= 0.3 is 5.97 Å². The van der Waals surface area contributed by atoms with Crippen LogP contribution in [0.3, 0.4) is 0 Å². The largest absolute Gasteiger partial charge is 0.462 e. The number of ether oxygens (including phenoxy) is 2. The summed E-state index contributed by atoms with van der Waals surface area (Å²) < 4.78 is 16.1. The maximum Gasteiger partial charge on any atom is 0.331 e. The monoisotopic (exact) mass is 391 g/mol. The van der Waals surface area contributed by atoms with E-state index in [9.17, 15) is 9.59 Å². The summed E-state index contributed by atoms with van der Waals surface area (Å²) in [7, 11) is 0. The van der Waals surface area contributed by atoms with E-state index in [2.05, 4.69) is 5.32 Å². The fourth-order valence-corrected chi connectivity index (χ4v) is 2.44. The van der Waals surface area contributed by atoms with Crippen LogP contribution in [0.15, 0.2) is 77.2 Å². The second-order valence-corrected chi connectivity index (χ2v) is 6.29. The molecule has 1 N–H and O–H groups in total. The van der Waals surface area contributed by atoms with E-state index in [1.165, 1.54) is 19.1 Å². The first-order valence-corrected chi connectivity index (χ1v) is 9.08. The number of rotatable bonds is 7. The number of hydrogen-bond donors (Lipinski definition) is 1. The van der Waals surface area contributed by atoms with E-state index in [4.69, 9.17) is 13.9 Å². The number of hydrogen-bond acceptors (Lipinski definition) is 5. The second kappa shape index (κ2) is 9.41. The van der Waals surface area contributed by atoms with Crippen LogP contribution in [0.5, 0.6) is 11.5 Å². The first-order valence-electron chi connectivity index (χ1n) is 9.08. The first-order chi connectivity index (χ1) is 14.0. The highest BCUT2D eigenvalue weighted by atomic mass is 16.5. The fraction of sp³-hybridized carbons (Fsp3) is 0.130. The van der Waals surface area contributed by atoms with Crippen LogP contribution in [0.1, 0.15) is 18.4 Å². The van der Waals surface area contributed by atoms with Crippen LogP contribution in [-0.4, -0.2) is 18.0 Å². The molecular formula is C23H21NO5. The van der Waals surface area contributed by atoms with E-state index in [-0.39, 0.29) is 0 Å². The average molecular weight is 391 g/mol. The summed E-state index contributed by atoms with van der Waals surface area (Å²) in [6.45, 7) is 3.31. The molecule has 148 valence electrons. The van der Waals surface area contributed by atoms with E-state index < -0.39 is 18.0 Å². The molecule has 6 heteroatoms. The summed E-state index contributed by atoms with van der Waals surface area (Å²) in [6.07, 6.45) is 1.76. The van der Waals surface area contributed by atoms with Crippen LogP contribution in [-0.2, 0) is 14.3 Å². The second-order valence-electron chi connectivity index (χ2n) is 6.29. The molecule has 0 saturated heterocycles. The number of amides is 1. The Morgan fingerprint density at radius 1 is 0.966 bits per heavy atom. The Morgan fingerprint density at radius 2 is 1.66 bits per heavy atom. The number of aryl methyl sites for hydroxylation is 1. The van der Waals surface area contributed by atoms with E-state index in [1.54, 1.807) is 36.4 Å². The van der Waals surface area contributed by atoms with Gasteiger partial charge in [-0.15, -0.1) is 0 Å². The molecule has 3 aromatic rings. The van der Waals surface area contributed by atoms with E-state index in [1.807, 2.05) is 37.3 Å². The molecule has 0 bridgehead atoms. The van der Waals surface area contributed by atoms with Gasteiger partial charge < -0.3 is 19.2 Å². The van der Waals surface area contributed by atoms with Crippen LogP contribution in [0.2, 0.25) is 0 Å². The smallest absolute Gasteiger partial charge is 0.331 e. The zero-order valence-electron chi connectivity index (χ0n) is 16.1. The molecule has 29 heavy (non-hydrogen) atoms. The van der Waals surface area contributed by atoms with Crippen LogP contribution < -0.4 is 10.1 Å². The number of para-hydroxylation sites is 1. The van der Waals surface area contributed by atoms with Gasteiger partial charge in [-0.2, -0.15) is 0 Å². The minimum atomic E-state index is -0.953. The predicted molar refractivity (Wildman–Crippen MR) is 110 cm³/mol. The van der Waals surface area contributed by atoms with Gasteiger partial charge in [-0.3, -0.25) is 4.79 Å². The average Bonchev–Trinajstić information content (AvgIpc) is 3.14. The molecule has 1 unspecified atom stereocenters. The van der Waals surface area contributed by atoms with Crippen molar-refractivity contribution in [3.63, 3.8) is 0 Å². The third-order valence-electron chi connectivity index (χ3n) is 3.91. The van der Waals surface area contributed by atoms with E-state index in [0.29, 0.717) is 17.2 Å². The van der Waals surface area contributed by atoms with Crippen LogP contribution in [0.25, 0.3) is 6.08 Å². The lowest BCUT2D eigenvalue weighted by molar-refractivity contribution is -0.148. The third kappa shape index (κ3) is 6.10. The van der Waals surface area contributed by atoms with Gasteiger partial charge in [0.25, 0.3) is 5.91 Å². The van der Waals surface area contributed by atoms with Gasteiger partial charge in [0.1, 0.15) is 23.0 Å². The lowest BCUT2D eigenvalue weighted by Gasteiger charge is -2.13. The molecular weight excluding hydrogens is 370 g/mol. The number of nitrogens with one attached hydrogen (secondary N) is 1. The van der Waals surface area contributed by atoms with Gasteiger partial charge in [0.2, 0.25) is 0 Å². The fourth-order valence-electron chi connectivity index (χ4n) is 2.44. The lowest BCUT2D eigenvalue weighted by atomic mass is 10.2. The molecule has 1 atom stereocenters. The number of carbonyl (C=O) groups excluding carboxylic acids is 2. The first kappa shape index (κ1) is 19.9. The van der Waals surface area contributed by atoms with Gasteiger partial charge in [0, 0.05) is 11.8 Å². The maximum atomic E-state index is 12.2. The quantitative estimate of drug-likeness (QED) is 0.455. The van der Waals surface area contributed by atoms with Gasteiger partial charge in [-0.05, 0) is 68.5 Å². The van der Waals surface area contributed by atoms with Crippen LogP contribution >= 0.6 is 0 Å². The van der Waals surface area contributed by atoms with Crippen molar-refractivity contribution in [2.24, 2.45) is 0 Å². The highest BCUT2D eigenvalue weighted by Gasteiger charge is 2.16. The minimum absolute atomic E-state index is 0.433. The molecule has 1 aromatic heterocycles. The number of esters is 1. The summed E-state index contributed by atoms with van der Waals surface area (Å²) in [5, 5.41) is 2.70. The Bertz CT molecular complexity index is 990. The number of carbonyl (C=O) groups is 2. The van der Waals surface area contributed by atoms with Crippen molar-refractivity contribution in [1.29, 1.82) is 0 Å². The van der Waals surface area contributed by atoms with Gasteiger partial charge in [0.15, 0.2) is 6.10 Å². The van der Waals surface area contributed by atoms with Crippen molar-refractivity contribution in [3.05, 3.63) is 84.3 Å². The minimum Gasteiger partial charge on any atom is -0.462 e. The zero-order valence-corrected chi connectivity index (χ0v) is 16.1. The Balaban J connectivity index is 1.49. The van der Waals surface area contributed by atoms with Gasteiger partial charge in [-0.25, -0.2) is 4.79 Å².